The van der Waals surface area contributed by atoms with Gasteiger partial charge in [0.1, 0.15) is 13.2 Å². The summed E-state index contributed by atoms with van der Waals surface area (Å²) in [5, 5.41) is 0. The minimum absolute atomic E-state index is 0.0622. The van der Waals surface area contributed by atoms with Crippen molar-refractivity contribution in [2.45, 2.75) is 367 Å². The molecule has 0 bridgehead atoms. The highest BCUT2D eigenvalue weighted by molar-refractivity contribution is 5.71. The van der Waals surface area contributed by atoms with Crippen LogP contribution in [0.2, 0.25) is 0 Å². The lowest BCUT2D eigenvalue weighted by Crippen LogP contribution is -2.30. The number of hydrogen-bond acceptors (Lipinski definition) is 6. The molecule has 0 aliphatic heterocycles. The molecule has 0 fully saturated rings. The minimum Gasteiger partial charge on any atom is -0.462 e. The van der Waals surface area contributed by atoms with Gasteiger partial charge in [0.25, 0.3) is 0 Å². The van der Waals surface area contributed by atoms with Gasteiger partial charge in [-0.15, -0.1) is 0 Å². The maximum Gasteiger partial charge on any atom is 0.306 e. The van der Waals surface area contributed by atoms with Crippen LogP contribution < -0.4 is 0 Å². The predicted molar refractivity (Wildman–Crippen MR) is 294 cm³/mol. The van der Waals surface area contributed by atoms with Gasteiger partial charge in [0.05, 0.1) is 0 Å². The Balaban J connectivity index is 3.87. The van der Waals surface area contributed by atoms with Crippen LogP contribution in [0.25, 0.3) is 0 Å². The third-order valence-electron chi connectivity index (χ3n) is 14.4. The lowest BCUT2D eigenvalue weighted by atomic mass is 10.0. The van der Waals surface area contributed by atoms with Crippen molar-refractivity contribution in [1.29, 1.82) is 0 Å². The second kappa shape index (κ2) is 58.0. The van der Waals surface area contributed by atoms with Crippen LogP contribution in [0.1, 0.15) is 361 Å². The molecule has 68 heavy (non-hydrogen) atoms. The Hall–Kier alpha value is -1.59. The first-order valence-electron chi connectivity index (χ1n) is 31.0. The van der Waals surface area contributed by atoms with Crippen LogP contribution in [0.15, 0.2) is 0 Å². The van der Waals surface area contributed by atoms with E-state index in [-0.39, 0.29) is 31.1 Å². The number of hydrogen-bond donors (Lipinski definition) is 0. The molecule has 0 rings (SSSR count). The molecule has 0 aromatic heterocycles. The highest BCUT2D eigenvalue weighted by Crippen LogP contribution is 2.18. The summed E-state index contributed by atoms with van der Waals surface area (Å²) in [4.78, 5) is 37.9. The van der Waals surface area contributed by atoms with Crippen LogP contribution in [0, 0.1) is 0 Å². The molecule has 0 saturated carbocycles. The predicted octanol–water partition coefficient (Wildman–Crippen LogP) is 20.7. The molecule has 0 heterocycles. The molecule has 6 nitrogen and oxygen atoms in total. The third kappa shape index (κ3) is 55.3. The molecule has 0 aromatic rings. The van der Waals surface area contributed by atoms with Crippen molar-refractivity contribution in [1.82, 2.24) is 0 Å². The Morgan fingerprint density at radius 1 is 0.235 bits per heavy atom. The standard InChI is InChI=1S/C62H120O6/c1-4-7-10-13-16-19-21-22-23-24-25-26-27-28-29-30-31-32-33-34-35-36-37-38-39-40-41-42-44-46-49-52-55-61(64)67-58-59(57-66-60(63)54-51-48-45-18-15-12-9-6-3)68-62(65)56-53-50-47-43-20-17-14-11-8-5-2/h59H,4-58H2,1-3H3. The van der Waals surface area contributed by atoms with Gasteiger partial charge in [-0.3, -0.25) is 14.4 Å². The van der Waals surface area contributed by atoms with Gasteiger partial charge in [-0.2, -0.15) is 0 Å². The smallest absolute Gasteiger partial charge is 0.306 e. The molecule has 0 aromatic carbocycles. The molecule has 0 saturated heterocycles. The van der Waals surface area contributed by atoms with Crippen LogP contribution in [-0.4, -0.2) is 37.2 Å². The highest BCUT2D eigenvalue weighted by Gasteiger charge is 2.19. The number of rotatable bonds is 58. The average molecular weight is 962 g/mol. The van der Waals surface area contributed by atoms with Crippen LogP contribution in [0.4, 0.5) is 0 Å². The van der Waals surface area contributed by atoms with E-state index in [4.69, 9.17) is 14.2 Å². The summed E-state index contributed by atoms with van der Waals surface area (Å²) in [7, 11) is 0. The van der Waals surface area contributed by atoms with E-state index in [0.717, 1.165) is 57.8 Å². The fraction of sp³-hybridized carbons (Fsp3) is 0.952. The lowest BCUT2D eigenvalue weighted by Gasteiger charge is -2.18. The Kier molecular flexibility index (Phi) is 56.6. The van der Waals surface area contributed by atoms with E-state index in [1.165, 1.54) is 263 Å². The summed E-state index contributed by atoms with van der Waals surface area (Å²) in [6.07, 6.45) is 65.9. The van der Waals surface area contributed by atoms with Crippen molar-refractivity contribution in [2.24, 2.45) is 0 Å². The van der Waals surface area contributed by atoms with E-state index < -0.39 is 6.10 Å². The van der Waals surface area contributed by atoms with Gasteiger partial charge in [0.15, 0.2) is 6.10 Å². The lowest BCUT2D eigenvalue weighted by molar-refractivity contribution is -0.167. The van der Waals surface area contributed by atoms with Crippen molar-refractivity contribution in [2.75, 3.05) is 13.2 Å². The fourth-order valence-corrected chi connectivity index (χ4v) is 9.68. The van der Waals surface area contributed by atoms with Gasteiger partial charge in [-0.1, -0.05) is 323 Å². The van der Waals surface area contributed by atoms with Crippen molar-refractivity contribution < 1.29 is 28.6 Å². The monoisotopic (exact) mass is 961 g/mol. The van der Waals surface area contributed by atoms with E-state index in [1.807, 2.05) is 0 Å². The number of esters is 3. The van der Waals surface area contributed by atoms with Crippen molar-refractivity contribution in [3.05, 3.63) is 0 Å². The normalized spacial score (nSPS) is 11.9. The topological polar surface area (TPSA) is 78.9 Å². The van der Waals surface area contributed by atoms with Gasteiger partial charge < -0.3 is 14.2 Å². The van der Waals surface area contributed by atoms with E-state index in [2.05, 4.69) is 20.8 Å². The van der Waals surface area contributed by atoms with Gasteiger partial charge >= 0.3 is 17.9 Å². The van der Waals surface area contributed by atoms with Crippen molar-refractivity contribution in [3.8, 4) is 0 Å². The summed E-state index contributed by atoms with van der Waals surface area (Å²) in [5.41, 5.74) is 0. The second-order valence-corrected chi connectivity index (χ2v) is 21.3. The molecule has 404 valence electrons. The molecule has 1 atom stereocenters. The quantitative estimate of drug-likeness (QED) is 0.0343. The first-order chi connectivity index (χ1) is 33.5. The molecular formula is C62H120O6. The molecule has 0 spiro atoms. The summed E-state index contributed by atoms with van der Waals surface area (Å²) < 4.78 is 16.8. The fourth-order valence-electron chi connectivity index (χ4n) is 9.68. The van der Waals surface area contributed by atoms with E-state index in [1.54, 1.807) is 0 Å². The summed E-state index contributed by atoms with van der Waals surface area (Å²) in [6, 6.07) is 0. The van der Waals surface area contributed by atoms with Crippen molar-refractivity contribution >= 4 is 17.9 Å². The van der Waals surface area contributed by atoms with Crippen LogP contribution in [-0.2, 0) is 28.6 Å². The molecule has 0 radical (unpaired) electrons. The van der Waals surface area contributed by atoms with Crippen molar-refractivity contribution in [3.63, 3.8) is 0 Å². The Bertz CT molecular complexity index is 1010. The van der Waals surface area contributed by atoms with Crippen LogP contribution in [0.3, 0.4) is 0 Å². The zero-order valence-corrected chi connectivity index (χ0v) is 46.4. The molecule has 0 N–H and O–H groups in total. The van der Waals surface area contributed by atoms with E-state index >= 15 is 0 Å². The molecule has 0 amide bonds. The summed E-state index contributed by atoms with van der Waals surface area (Å²) in [5.74, 6) is -0.845. The van der Waals surface area contributed by atoms with Crippen LogP contribution in [0.5, 0.6) is 0 Å². The zero-order valence-electron chi connectivity index (χ0n) is 46.4. The van der Waals surface area contributed by atoms with Crippen LogP contribution >= 0.6 is 0 Å². The van der Waals surface area contributed by atoms with Gasteiger partial charge in [0.2, 0.25) is 0 Å². The number of carbonyl (C=O) groups is 3. The molecular weight excluding hydrogens is 841 g/mol. The zero-order chi connectivity index (χ0) is 49.3. The SMILES string of the molecule is CCCCCCCCCCCCCCCCCCCCCCCCCCCCCCCCCCC(=O)OCC(COC(=O)CCCCCCCCCC)OC(=O)CCCCCCCCCCCC. The maximum atomic E-state index is 12.7. The molecule has 6 heteroatoms. The number of ether oxygens (including phenoxy) is 3. The average Bonchev–Trinajstić information content (AvgIpc) is 3.34. The van der Waals surface area contributed by atoms with Gasteiger partial charge in [0, 0.05) is 19.3 Å². The Labute approximate surface area is 425 Å². The third-order valence-corrected chi connectivity index (χ3v) is 14.4. The maximum absolute atomic E-state index is 12.7. The van der Waals surface area contributed by atoms with Gasteiger partial charge in [-0.05, 0) is 19.3 Å². The first-order valence-corrected chi connectivity index (χ1v) is 31.0. The molecule has 1 unspecified atom stereocenters. The number of carbonyl (C=O) groups excluding carboxylic acids is 3. The molecule has 0 aliphatic carbocycles. The Morgan fingerprint density at radius 3 is 0.588 bits per heavy atom. The largest absolute Gasteiger partial charge is 0.462 e. The molecule has 0 aliphatic rings. The van der Waals surface area contributed by atoms with E-state index in [0.29, 0.717) is 19.3 Å². The van der Waals surface area contributed by atoms with Gasteiger partial charge in [-0.25, -0.2) is 0 Å². The minimum atomic E-state index is -0.759. The highest BCUT2D eigenvalue weighted by atomic mass is 16.6. The summed E-state index contributed by atoms with van der Waals surface area (Å²) in [6.45, 7) is 6.65. The Morgan fingerprint density at radius 2 is 0.397 bits per heavy atom. The summed E-state index contributed by atoms with van der Waals surface area (Å²) >= 11 is 0. The van der Waals surface area contributed by atoms with E-state index in [9.17, 15) is 14.4 Å². The first kappa shape index (κ1) is 66.4. The second-order valence-electron chi connectivity index (χ2n) is 21.3. The number of unbranched alkanes of at least 4 members (excludes halogenated alkanes) is 47.